The Morgan fingerprint density at radius 2 is 2.17 bits per heavy atom. The second kappa shape index (κ2) is 4.72. The molecule has 0 bridgehead atoms. The fourth-order valence-electron chi connectivity index (χ4n) is 1.82. The summed E-state index contributed by atoms with van der Waals surface area (Å²) in [6.07, 6.45) is 0. The van der Waals surface area contributed by atoms with E-state index in [1.807, 2.05) is 0 Å². The summed E-state index contributed by atoms with van der Waals surface area (Å²) in [7, 11) is 1.31. The number of rotatable bonds is 3. The van der Waals surface area contributed by atoms with Gasteiger partial charge in [0, 0.05) is 6.07 Å². The number of hydrogen-bond acceptors (Lipinski definition) is 4. The molecule has 0 radical (unpaired) electrons. The van der Waals surface area contributed by atoms with Crippen molar-refractivity contribution in [2.45, 2.75) is 12.8 Å². The van der Waals surface area contributed by atoms with Crippen molar-refractivity contribution in [1.29, 1.82) is 0 Å². The van der Waals surface area contributed by atoms with E-state index in [9.17, 15) is 9.18 Å². The lowest BCUT2D eigenvalue weighted by molar-refractivity contribution is -0.138. The third kappa shape index (κ3) is 1.94. The van der Waals surface area contributed by atoms with Gasteiger partial charge in [-0.25, -0.2) is 4.39 Å². The first-order valence-electron chi connectivity index (χ1n) is 5.45. The zero-order valence-electron chi connectivity index (χ0n) is 10.0. The molecule has 6 heteroatoms. The predicted octanol–water partition coefficient (Wildman–Crippen LogP) is 1.79. The van der Waals surface area contributed by atoms with Crippen molar-refractivity contribution in [3.05, 3.63) is 17.4 Å². The molecule has 18 heavy (non-hydrogen) atoms. The number of hydrogen-bond donors (Lipinski definition) is 1. The summed E-state index contributed by atoms with van der Waals surface area (Å²) in [6, 6.07) is 1.36. The van der Waals surface area contributed by atoms with Crippen molar-refractivity contribution in [2.75, 3.05) is 20.3 Å². The maximum absolute atomic E-state index is 14.1. The molecular weight excluding hydrogens is 243 g/mol. The Morgan fingerprint density at radius 3 is 2.78 bits per heavy atom. The lowest BCUT2D eigenvalue weighted by atomic mass is 9.98. The van der Waals surface area contributed by atoms with Gasteiger partial charge in [0.25, 0.3) is 0 Å². The second-order valence-electron chi connectivity index (χ2n) is 3.89. The Morgan fingerprint density at radius 1 is 1.50 bits per heavy atom. The SMILES string of the molecule is COc1cc2c(c(C(C)C(=O)O)c1F)OCCO2. The van der Waals surface area contributed by atoms with E-state index in [2.05, 4.69) is 0 Å². The zero-order valence-corrected chi connectivity index (χ0v) is 10.0. The van der Waals surface area contributed by atoms with E-state index in [1.165, 1.54) is 20.1 Å². The number of carboxylic acids is 1. The fraction of sp³-hybridized carbons (Fsp3) is 0.417. The Kier molecular flexibility index (Phi) is 3.27. The Labute approximate surface area is 103 Å². The van der Waals surface area contributed by atoms with Crippen LogP contribution in [0.1, 0.15) is 18.4 Å². The van der Waals surface area contributed by atoms with Crippen LogP contribution < -0.4 is 14.2 Å². The van der Waals surface area contributed by atoms with Gasteiger partial charge >= 0.3 is 5.97 Å². The molecule has 2 rings (SSSR count). The topological polar surface area (TPSA) is 65.0 Å². The first kappa shape index (κ1) is 12.5. The van der Waals surface area contributed by atoms with Crippen molar-refractivity contribution in [3.63, 3.8) is 0 Å². The van der Waals surface area contributed by atoms with E-state index in [0.29, 0.717) is 12.4 Å². The van der Waals surface area contributed by atoms with Crippen molar-refractivity contribution in [1.82, 2.24) is 0 Å². The minimum atomic E-state index is -1.14. The maximum Gasteiger partial charge on any atom is 0.310 e. The molecule has 0 amide bonds. The highest BCUT2D eigenvalue weighted by Crippen LogP contribution is 2.43. The quantitative estimate of drug-likeness (QED) is 0.893. The first-order valence-corrected chi connectivity index (χ1v) is 5.45. The van der Waals surface area contributed by atoms with Crippen LogP contribution in [-0.4, -0.2) is 31.4 Å². The molecule has 1 aromatic carbocycles. The van der Waals surface area contributed by atoms with Crippen LogP contribution in [0.4, 0.5) is 4.39 Å². The third-order valence-electron chi connectivity index (χ3n) is 2.79. The molecule has 1 unspecified atom stereocenters. The van der Waals surface area contributed by atoms with Gasteiger partial charge < -0.3 is 19.3 Å². The molecule has 0 saturated heterocycles. The largest absolute Gasteiger partial charge is 0.494 e. The Hall–Kier alpha value is -1.98. The van der Waals surface area contributed by atoms with E-state index in [0.717, 1.165) is 0 Å². The van der Waals surface area contributed by atoms with Gasteiger partial charge in [-0.2, -0.15) is 0 Å². The number of methoxy groups -OCH3 is 1. The van der Waals surface area contributed by atoms with E-state index in [-0.39, 0.29) is 23.7 Å². The van der Waals surface area contributed by atoms with Crippen molar-refractivity contribution in [2.24, 2.45) is 0 Å². The monoisotopic (exact) mass is 256 g/mol. The maximum atomic E-state index is 14.1. The van der Waals surface area contributed by atoms with Gasteiger partial charge in [-0.15, -0.1) is 0 Å². The number of carbonyl (C=O) groups is 1. The van der Waals surface area contributed by atoms with Crippen molar-refractivity contribution >= 4 is 5.97 Å². The van der Waals surface area contributed by atoms with Crippen LogP contribution in [0, 0.1) is 5.82 Å². The average Bonchev–Trinajstić information content (AvgIpc) is 2.37. The van der Waals surface area contributed by atoms with Gasteiger partial charge in [0.05, 0.1) is 18.6 Å². The molecule has 1 N–H and O–H groups in total. The summed E-state index contributed by atoms with van der Waals surface area (Å²) >= 11 is 0. The van der Waals surface area contributed by atoms with Crippen LogP contribution >= 0.6 is 0 Å². The molecule has 0 aliphatic carbocycles. The molecule has 1 heterocycles. The third-order valence-corrected chi connectivity index (χ3v) is 2.79. The van der Waals surface area contributed by atoms with Gasteiger partial charge in [-0.1, -0.05) is 0 Å². The predicted molar refractivity (Wildman–Crippen MR) is 60.0 cm³/mol. The number of ether oxygens (including phenoxy) is 3. The number of halogens is 1. The molecule has 0 spiro atoms. The van der Waals surface area contributed by atoms with Gasteiger partial charge in [0.15, 0.2) is 23.1 Å². The van der Waals surface area contributed by atoms with Crippen LogP contribution in [0.5, 0.6) is 17.2 Å². The minimum Gasteiger partial charge on any atom is -0.494 e. The summed E-state index contributed by atoms with van der Waals surface area (Å²) in [5, 5.41) is 9.02. The van der Waals surface area contributed by atoms with Crippen LogP contribution in [0.25, 0.3) is 0 Å². The van der Waals surface area contributed by atoms with Crippen molar-refractivity contribution < 1.29 is 28.5 Å². The number of benzene rings is 1. The van der Waals surface area contributed by atoms with Gasteiger partial charge in [-0.3, -0.25) is 4.79 Å². The van der Waals surface area contributed by atoms with Gasteiger partial charge in [-0.05, 0) is 6.92 Å². The molecular formula is C12H13FO5. The summed E-state index contributed by atoms with van der Waals surface area (Å²) in [4.78, 5) is 11.0. The molecule has 0 saturated carbocycles. The molecule has 1 aromatic rings. The normalized spacial score (nSPS) is 15.1. The van der Waals surface area contributed by atoms with Crippen LogP contribution in [0.3, 0.4) is 0 Å². The molecule has 0 fully saturated rings. The zero-order chi connectivity index (χ0) is 13.3. The minimum absolute atomic E-state index is 0.0449. The van der Waals surface area contributed by atoms with Crippen LogP contribution in [0.15, 0.2) is 6.07 Å². The molecule has 1 aliphatic rings. The van der Waals surface area contributed by atoms with E-state index >= 15 is 0 Å². The van der Waals surface area contributed by atoms with Crippen LogP contribution in [-0.2, 0) is 4.79 Å². The van der Waals surface area contributed by atoms with Gasteiger partial charge in [0.2, 0.25) is 0 Å². The standard InChI is InChI=1S/C12H13FO5/c1-6(12(14)15)9-10(13)7(16-2)5-8-11(9)18-4-3-17-8/h5-6H,3-4H2,1-2H3,(H,14,15). The van der Waals surface area contributed by atoms with E-state index in [1.54, 1.807) is 0 Å². The first-order chi connectivity index (χ1) is 8.56. The number of aliphatic carboxylic acids is 1. The van der Waals surface area contributed by atoms with E-state index in [4.69, 9.17) is 19.3 Å². The van der Waals surface area contributed by atoms with Crippen LogP contribution in [0.2, 0.25) is 0 Å². The van der Waals surface area contributed by atoms with Crippen molar-refractivity contribution in [3.8, 4) is 17.2 Å². The molecule has 0 aromatic heterocycles. The van der Waals surface area contributed by atoms with E-state index < -0.39 is 17.7 Å². The lowest BCUT2D eigenvalue weighted by Crippen LogP contribution is -2.20. The highest BCUT2D eigenvalue weighted by Gasteiger charge is 2.30. The van der Waals surface area contributed by atoms with Gasteiger partial charge in [0.1, 0.15) is 13.2 Å². The average molecular weight is 256 g/mol. The summed E-state index contributed by atoms with van der Waals surface area (Å²) < 4.78 is 29.7. The molecule has 5 nitrogen and oxygen atoms in total. The number of fused-ring (bicyclic) bond motifs is 1. The molecule has 1 atom stereocenters. The summed E-state index contributed by atoms with van der Waals surface area (Å²) in [5.41, 5.74) is -0.0449. The highest BCUT2D eigenvalue weighted by molar-refractivity contribution is 5.78. The second-order valence-corrected chi connectivity index (χ2v) is 3.89. The smallest absolute Gasteiger partial charge is 0.310 e. The summed E-state index contributed by atoms with van der Waals surface area (Å²) in [6.45, 7) is 1.99. The Balaban J connectivity index is 2.63. The Bertz CT molecular complexity index is 486. The highest BCUT2D eigenvalue weighted by atomic mass is 19.1. The lowest BCUT2D eigenvalue weighted by Gasteiger charge is -2.24. The molecule has 1 aliphatic heterocycles. The number of carboxylic acid groups (broad SMARTS) is 1. The molecule has 98 valence electrons. The summed E-state index contributed by atoms with van der Waals surface area (Å²) in [5.74, 6) is -2.51. The fourth-order valence-corrected chi connectivity index (χ4v) is 1.82.